The first-order valence-corrected chi connectivity index (χ1v) is 5.29. The molecule has 0 amide bonds. The van der Waals surface area contributed by atoms with E-state index in [9.17, 15) is 0 Å². The molecule has 2 nitrogen and oxygen atoms in total. The lowest BCUT2D eigenvalue weighted by Crippen LogP contribution is -2.08. The van der Waals surface area contributed by atoms with Crippen molar-refractivity contribution in [3.63, 3.8) is 0 Å². The predicted octanol–water partition coefficient (Wildman–Crippen LogP) is 2.47. The third-order valence-corrected chi connectivity index (χ3v) is 3.26. The normalized spacial score (nSPS) is 9.73. The summed E-state index contributed by atoms with van der Waals surface area (Å²) in [5, 5.41) is 0.862. The van der Waals surface area contributed by atoms with Gasteiger partial charge in [0.15, 0.2) is 0 Å². The van der Waals surface area contributed by atoms with E-state index in [4.69, 9.17) is 5.84 Å². The first kappa shape index (κ1) is 9.28. The van der Waals surface area contributed by atoms with Crippen LogP contribution in [0.2, 0.25) is 0 Å². The Labute approximate surface area is 87.8 Å². The van der Waals surface area contributed by atoms with Gasteiger partial charge in [-0.05, 0) is 34.2 Å². The van der Waals surface area contributed by atoms with Gasteiger partial charge in [0.2, 0.25) is 0 Å². The second-order valence-electron chi connectivity index (χ2n) is 2.06. The standard InChI is InChI=1S/C7H8BrIN2/c8-4-5-2-1-3-6(11-10)7(5)9/h1-3,11H,4,10H2. The van der Waals surface area contributed by atoms with E-state index in [0.717, 1.165) is 11.0 Å². The van der Waals surface area contributed by atoms with Gasteiger partial charge in [0, 0.05) is 8.90 Å². The van der Waals surface area contributed by atoms with E-state index in [1.807, 2.05) is 12.1 Å². The monoisotopic (exact) mass is 326 g/mol. The minimum absolute atomic E-state index is 0.862. The van der Waals surface area contributed by atoms with E-state index in [-0.39, 0.29) is 0 Å². The second-order valence-corrected chi connectivity index (χ2v) is 3.70. The lowest BCUT2D eigenvalue weighted by Gasteiger charge is -2.05. The summed E-state index contributed by atoms with van der Waals surface area (Å²) >= 11 is 5.67. The molecule has 1 rings (SSSR count). The molecule has 0 atom stereocenters. The van der Waals surface area contributed by atoms with Crippen molar-refractivity contribution < 1.29 is 0 Å². The summed E-state index contributed by atoms with van der Waals surface area (Å²) in [5.74, 6) is 5.30. The van der Waals surface area contributed by atoms with Crippen LogP contribution >= 0.6 is 38.5 Å². The Hall–Kier alpha value is 0.190. The van der Waals surface area contributed by atoms with Crippen molar-refractivity contribution in [2.24, 2.45) is 5.84 Å². The fourth-order valence-corrected chi connectivity index (χ4v) is 2.49. The molecule has 0 aromatic heterocycles. The maximum absolute atomic E-state index is 5.30. The molecule has 3 N–H and O–H groups in total. The highest BCUT2D eigenvalue weighted by molar-refractivity contribution is 14.1. The number of alkyl halides is 1. The average molecular weight is 327 g/mol. The van der Waals surface area contributed by atoms with Crippen LogP contribution in [0, 0.1) is 3.57 Å². The number of halogens is 2. The summed E-state index contributed by atoms with van der Waals surface area (Å²) in [7, 11) is 0. The maximum atomic E-state index is 5.30. The maximum Gasteiger partial charge on any atom is 0.0621 e. The molecule has 0 spiro atoms. The van der Waals surface area contributed by atoms with Gasteiger partial charge in [0.1, 0.15) is 0 Å². The van der Waals surface area contributed by atoms with Gasteiger partial charge in [-0.3, -0.25) is 5.84 Å². The molecule has 0 aliphatic rings. The zero-order valence-electron chi connectivity index (χ0n) is 5.77. The van der Waals surface area contributed by atoms with Gasteiger partial charge in [0.25, 0.3) is 0 Å². The SMILES string of the molecule is NNc1cccc(CBr)c1I. The predicted molar refractivity (Wildman–Crippen MR) is 59.6 cm³/mol. The number of hydrogen-bond acceptors (Lipinski definition) is 2. The molecule has 1 aromatic carbocycles. The molecule has 0 aliphatic carbocycles. The van der Waals surface area contributed by atoms with Crippen LogP contribution in [0.15, 0.2) is 18.2 Å². The molecular formula is C7H8BrIN2. The van der Waals surface area contributed by atoms with Crippen LogP contribution in [-0.2, 0) is 5.33 Å². The fourth-order valence-electron chi connectivity index (χ4n) is 0.794. The quantitative estimate of drug-likeness (QED) is 0.379. The molecule has 0 radical (unpaired) electrons. The van der Waals surface area contributed by atoms with E-state index in [0.29, 0.717) is 0 Å². The Morgan fingerprint density at radius 2 is 2.27 bits per heavy atom. The second kappa shape index (κ2) is 4.27. The van der Waals surface area contributed by atoms with Gasteiger partial charge < -0.3 is 5.43 Å². The highest BCUT2D eigenvalue weighted by Gasteiger charge is 2.01. The van der Waals surface area contributed by atoms with E-state index < -0.39 is 0 Å². The largest absolute Gasteiger partial charge is 0.323 e. The van der Waals surface area contributed by atoms with Gasteiger partial charge >= 0.3 is 0 Å². The van der Waals surface area contributed by atoms with Crippen LogP contribution in [0.3, 0.4) is 0 Å². The first-order valence-electron chi connectivity index (χ1n) is 3.09. The van der Waals surface area contributed by atoms with Gasteiger partial charge in [-0.25, -0.2) is 0 Å². The summed E-state index contributed by atoms with van der Waals surface area (Å²) in [4.78, 5) is 0. The van der Waals surface area contributed by atoms with E-state index in [2.05, 4.69) is 50.0 Å². The van der Waals surface area contributed by atoms with Crippen molar-refractivity contribution in [2.45, 2.75) is 5.33 Å². The summed E-state index contributed by atoms with van der Waals surface area (Å²) in [5.41, 5.74) is 4.87. The lowest BCUT2D eigenvalue weighted by molar-refractivity contribution is 1.30. The summed E-state index contributed by atoms with van der Waals surface area (Å²) < 4.78 is 1.17. The van der Waals surface area contributed by atoms with Crippen molar-refractivity contribution in [2.75, 3.05) is 5.43 Å². The topological polar surface area (TPSA) is 38.0 Å². The smallest absolute Gasteiger partial charge is 0.0621 e. The fraction of sp³-hybridized carbons (Fsp3) is 0.143. The van der Waals surface area contributed by atoms with Crippen LogP contribution < -0.4 is 11.3 Å². The number of hydrogen-bond donors (Lipinski definition) is 2. The molecule has 0 heterocycles. The number of nitrogen functional groups attached to an aromatic ring is 1. The summed E-state index contributed by atoms with van der Waals surface area (Å²) in [6, 6.07) is 6.00. The number of hydrazine groups is 1. The Morgan fingerprint density at radius 3 is 2.82 bits per heavy atom. The van der Waals surface area contributed by atoms with Crippen molar-refractivity contribution >= 4 is 44.2 Å². The minimum atomic E-state index is 0.862. The molecule has 0 fully saturated rings. The van der Waals surface area contributed by atoms with Crippen molar-refractivity contribution in [3.05, 3.63) is 27.3 Å². The Kier molecular flexibility index (Phi) is 3.61. The van der Waals surface area contributed by atoms with Crippen molar-refractivity contribution in [3.8, 4) is 0 Å². The Morgan fingerprint density at radius 1 is 1.55 bits per heavy atom. The summed E-state index contributed by atoms with van der Waals surface area (Å²) in [6.45, 7) is 0. The lowest BCUT2D eigenvalue weighted by atomic mass is 10.2. The summed E-state index contributed by atoms with van der Waals surface area (Å²) in [6.07, 6.45) is 0. The van der Waals surface area contributed by atoms with Crippen LogP contribution in [0.5, 0.6) is 0 Å². The van der Waals surface area contributed by atoms with Gasteiger partial charge in [0.05, 0.1) is 5.69 Å². The molecule has 1 aromatic rings. The average Bonchev–Trinajstić information content (AvgIpc) is 2.05. The molecular weight excluding hydrogens is 319 g/mol. The van der Waals surface area contributed by atoms with Gasteiger partial charge in [-0.1, -0.05) is 28.1 Å². The highest BCUT2D eigenvalue weighted by Crippen LogP contribution is 2.22. The zero-order valence-corrected chi connectivity index (χ0v) is 9.52. The number of rotatable bonds is 2. The van der Waals surface area contributed by atoms with E-state index >= 15 is 0 Å². The molecule has 60 valence electrons. The molecule has 11 heavy (non-hydrogen) atoms. The van der Waals surface area contributed by atoms with E-state index in [1.165, 1.54) is 9.13 Å². The minimum Gasteiger partial charge on any atom is -0.323 e. The third-order valence-electron chi connectivity index (χ3n) is 1.38. The van der Waals surface area contributed by atoms with Crippen molar-refractivity contribution in [1.29, 1.82) is 0 Å². The number of nitrogens with one attached hydrogen (secondary N) is 1. The molecule has 0 saturated carbocycles. The highest BCUT2D eigenvalue weighted by atomic mass is 127. The van der Waals surface area contributed by atoms with Gasteiger partial charge in [-0.15, -0.1) is 0 Å². The van der Waals surface area contributed by atoms with Crippen LogP contribution in [0.25, 0.3) is 0 Å². The first-order chi connectivity index (χ1) is 5.29. The molecule has 0 unspecified atom stereocenters. The van der Waals surface area contributed by atoms with Crippen LogP contribution in [-0.4, -0.2) is 0 Å². The Bertz CT molecular complexity index is 230. The Balaban J connectivity index is 3.10. The molecule has 0 aliphatic heterocycles. The number of nitrogens with two attached hydrogens (primary N) is 1. The van der Waals surface area contributed by atoms with Crippen LogP contribution in [0.1, 0.15) is 5.56 Å². The third kappa shape index (κ3) is 2.07. The molecule has 0 bridgehead atoms. The van der Waals surface area contributed by atoms with E-state index in [1.54, 1.807) is 0 Å². The van der Waals surface area contributed by atoms with Crippen LogP contribution in [0.4, 0.5) is 5.69 Å². The number of anilines is 1. The molecule has 0 saturated heterocycles. The zero-order chi connectivity index (χ0) is 8.27. The molecule has 4 heteroatoms. The van der Waals surface area contributed by atoms with Gasteiger partial charge in [-0.2, -0.15) is 0 Å². The van der Waals surface area contributed by atoms with Crippen molar-refractivity contribution in [1.82, 2.24) is 0 Å². The number of benzene rings is 1.